The summed E-state index contributed by atoms with van der Waals surface area (Å²) in [5.74, 6) is -0.953. The van der Waals surface area contributed by atoms with Gasteiger partial charge in [0.05, 0.1) is 0 Å². The van der Waals surface area contributed by atoms with Crippen LogP contribution in [0.5, 0.6) is 0 Å². The minimum atomic E-state index is -0.797. The molecule has 0 amide bonds. The van der Waals surface area contributed by atoms with E-state index in [1.165, 1.54) is 180 Å². The number of ether oxygens (including phenoxy) is 3. The van der Waals surface area contributed by atoms with Crippen LogP contribution in [-0.4, -0.2) is 37.2 Å². The summed E-state index contributed by atoms with van der Waals surface area (Å²) >= 11 is 0. The van der Waals surface area contributed by atoms with Crippen LogP contribution in [0.4, 0.5) is 0 Å². The normalized spacial score (nSPS) is 12.5. The van der Waals surface area contributed by atoms with E-state index in [1.54, 1.807) is 0 Å². The Balaban J connectivity index is 4.38. The zero-order valence-corrected chi connectivity index (χ0v) is 45.1. The second kappa shape index (κ2) is 56.7. The molecule has 0 bridgehead atoms. The quantitative estimate of drug-likeness (QED) is 0.0262. The van der Waals surface area contributed by atoms with Crippen molar-refractivity contribution in [1.29, 1.82) is 0 Å². The van der Waals surface area contributed by atoms with Gasteiger partial charge in [0, 0.05) is 19.3 Å². The van der Waals surface area contributed by atoms with Gasteiger partial charge in [0.1, 0.15) is 13.2 Å². The molecule has 0 aliphatic heterocycles. The Morgan fingerprint density at radius 3 is 0.985 bits per heavy atom. The number of hydrogen-bond acceptors (Lipinski definition) is 6. The van der Waals surface area contributed by atoms with Gasteiger partial charge in [0.15, 0.2) is 6.10 Å². The van der Waals surface area contributed by atoms with E-state index < -0.39 is 6.10 Å². The van der Waals surface area contributed by atoms with Gasteiger partial charge in [-0.1, -0.05) is 268 Å². The Morgan fingerprint density at radius 2 is 0.603 bits per heavy atom. The van der Waals surface area contributed by atoms with Crippen molar-refractivity contribution in [2.24, 2.45) is 0 Å². The molecule has 0 radical (unpaired) electrons. The predicted octanol–water partition coefficient (Wildman–Crippen LogP) is 19.6. The molecule has 6 nitrogen and oxygen atoms in total. The molecule has 0 saturated heterocycles. The zero-order valence-electron chi connectivity index (χ0n) is 45.1. The van der Waals surface area contributed by atoms with Gasteiger partial charge in [-0.3, -0.25) is 14.4 Å². The molecule has 0 aliphatic rings. The van der Waals surface area contributed by atoms with Gasteiger partial charge in [-0.15, -0.1) is 0 Å². The molecule has 0 aromatic heterocycles. The van der Waals surface area contributed by atoms with Crippen LogP contribution in [0.1, 0.15) is 297 Å². The van der Waals surface area contributed by atoms with Crippen LogP contribution >= 0.6 is 0 Å². The number of carbonyl (C=O) groups excluding carboxylic acids is 3. The third-order valence-electron chi connectivity index (χ3n) is 12.8. The molecule has 1 atom stereocenters. The lowest BCUT2D eigenvalue weighted by molar-refractivity contribution is -0.166. The number of esters is 3. The molecule has 1 unspecified atom stereocenters. The van der Waals surface area contributed by atoms with Gasteiger partial charge in [-0.2, -0.15) is 0 Å². The van der Waals surface area contributed by atoms with Crippen LogP contribution in [0.2, 0.25) is 0 Å². The van der Waals surface area contributed by atoms with Crippen LogP contribution in [0, 0.1) is 0 Å². The fourth-order valence-electron chi connectivity index (χ4n) is 8.39. The van der Waals surface area contributed by atoms with Crippen LogP contribution in [-0.2, 0) is 28.6 Å². The van der Waals surface area contributed by atoms with E-state index in [0.717, 1.165) is 70.6 Å². The maximum absolute atomic E-state index is 12.9. The lowest BCUT2D eigenvalue weighted by Gasteiger charge is -2.18. The van der Waals surface area contributed by atoms with Crippen molar-refractivity contribution in [2.75, 3.05) is 13.2 Å². The maximum atomic E-state index is 12.9. The van der Waals surface area contributed by atoms with E-state index in [9.17, 15) is 14.4 Å². The summed E-state index contributed by atoms with van der Waals surface area (Å²) in [5, 5.41) is 0. The predicted molar refractivity (Wildman–Crippen MR) is 293 cm³/mol. The molecule has 68 heavy (non-hydrogen) atoms. The first kappa shape index (κ1) is 65.1. The molecule has 0 aliphatic carbocycles. The van der Waals surface area contributed by atoms with Crippen molar-refractivity contribution in [1.82, 2.24) is 0 Å². The molecule has 0 fully saturated rings. The standard InChI is InChI=1S/C62H110O6/c1-4-7-10-13-16-19-22-25-27-29-31-33-34-37-40-43-46-49-52-55-61(64)67-58-59(57-66-60(63)54-51-48-45-42-39-36-24-21-18-15-12-9-6-3)68-62(65)56-53-50-47-44-41-38-35-32-30-28-26-23-20-17-14-11-8-5-2/h7,10,16,19,25,27,36,39,45,48,59H,4-6,8-9,11-15,17-18,20-24,26,28-35,37-38,40-44,46-47,49-58H2,1-3H3/b10-7+,19-16+,27-25+,39-36+,48-45+. The van der Waals surface area contributed by atoms with E-state index >= 15 is 0 Å². The van der Waals surface area contributed by atoms with Crippen LogP contribution < -0.4 is 0 Å². The monoisotopic (exact) mass is 951 g/mol. The van der Waals surface area contributed by atoms with Crippen molar-refractivity contribution < 1.29 is 28.6 Å². The second-order valence-corrected chi connectivity index (χ2v) is 19.5. The Kier molecular flexibility index (Phi) is 54.3. The van der Waals surface area contributed by atoms with Crippen molar-refractivity contribution >= 4 is 17.9 Å². The molecule has 0 rings (SSSR count). The summed E-state index contributed by atoms with van der Waals surface area (Å²) in [5.41, 5.74) is 0. The van der Waals surface area contributed by atoms with E-state index in [0.29, 0.717) is 19.3 Å². The molecule has 0 spiro atoms. The summed E-state index contributed by atoms with van der Waals surface area (Å²) in [6, 6.07) is 0. The lowest BCUT2D eigenvalue weighted by atomic mass is 10.0. The number of unbranched alkanes of at least 4 members (excludes halogenated alkanes) is 32. The summed E-state index contributed by atoms with van der Waals surface area (Å²) in [6.07, 6.45) is 70.8. The molecule has 0 saturated carbocycles. The van der Waals surface area contributed by atoms with E-state index in [2.05, 4.69) is 75.5 Å². The third-order valence-corrected chi connectivity index (χ3v) is 12.8. The first-order valence-electron chi connectivity index (χ1n) is 29.3. The average Bonchev–Trinajstić information content (AvgIpc) is 3.34. The molecule has 6 heteroatoms. The highest BCUT2D eigenvalue weighted by Crippen LogP contribution is 2.16. The summed E-state index contributed by atoms with van der Waals surface area (Å²) < 4.78 is 16.8. The summed E-state index contributed by atoms with van der Waals surface area (Å²) in [7, 11) is 0. The van der Waals surface area contributed by atoms with Gasteiger partial charge in [-0.25, -0.2) is 0 Å². The Hall–Kier alpha value is -2.89. The fraction of sp³-hybridized carbons (Fsp3) is 0.790. The highest BCUT2D eigenvalue weighted by molar-refractivity contribution is 5.71. The average molecular weight is 952 g/mol. The molecule has 0 aromatic carbocycles. The molecule has 0 N–H and O–H groups in total. The largest absolute Gasteiger partial charge is 0.462 e. The van der Waals surface area contributed by atoms with Crippen molar-refractivity contribution in [3.8, 4) is 0 Å². The van der Waals surface area contributed by atoms with Gasteiger partial charge in [0.2, 0.25) is 0 Å². The SMILES string of the molecule is CC/C=C/C/C=C/C/C=C/CCCCCCCCCCCC(=O)OCC(COC(=O)CC/C=C/C/C=C/CCCCCCCC)OC(=O)CCCCCCCCCCCCCCCCCCCC. The summed E-state index contributed by atoms with van der Waals surface area (Å²) in [4.78, 5) is 38.1. The first-order valence-corrected chi connectivity index (χ1v) is 29.3. The van der Waals surface area contributed by atoms with Crippen molar-refractivity contribution in [3.63, 3.8) is 0 Å². The van der Waals surface area contributed by atoms with Crippen molar-refractivity contribution in [2.45, 2.75) is 303 Å². The second-order valence-electron chi connectivity index (χ2n) is 19.5. The van der Waals surface area contributed by atoms with E-state index in [1.807, 2.05) is 6.08 Å². The Labute approximate surface area is 421 Å². The van der Waals surface area contributed by atoms with Gasteiger partial charge in [-0.05, 0) is 70.6 Å². The van der Waals surface area contributed by atoms with E-state index in [4.69, 9.17) is 14.2 Å². The molecular weight excluding hydrogens is 841 g/mol. The van der Waals surface area contributed by atoms with Gasteiger partial charge in [0.25, 0.3) is 0 Å². The molecular formula is C62H110O6. The minimum absolute atomic E-state index is 0.0915. The maximum Gasteiger partial charge on any atom is 0.306 e. The number of allylic oxidation sites excluding steroid dienone is 10. The number of carbonyl (C=O) groups is 3. The third kappa shape index (κ3) is 54.1. The Bertz CT molecular complexity index is 1230. The fourth-order valence-corrected chi connectivity index (χ4v) is 8.39. The minimum Gasteiger partial charge on any atom is -0.462 e. The highest BCUT2D eigenvalue weighted by Gasteiger charge is 2.19. The van der Waals surface area contributed by atoms with Crippen LogP contribution in [0.15, 0.2) is 60.8 Å². The number of hydrogen-bond donors (Lipinski definition) is 0. The number of rotatable bonds is 53. The highest BCUT2D eigenvalue weighted by atomic mass is 16.6. The van der Waals surface area contributed by atoms with E-state index in [-0.39, 0.29) is 37.5 Å². The molecule has 394 valence electrons. The smallest absolute Gasteiger partial charge is 0.306 e. The Morgan fingerprint density at radius 1 is 0.309 bits per heavy atom. The first-order chi connectivity index (χ1) is 33.5. The topological polar surface area (TPSA) is 78.9 Å². The zero-order chi connectivity index (χ0) is 49.3. The van der Waals surface area contributed by atoms with Gasteiger partial charge < -0.3 is 14.2 Å². The van der Waals surface area contributed by atoms with Crippen LogP contribution in [0.3, 0.4) is 0 Å². The van der Waals surface area contributed by atoms with Crippen molar-refractivity contribution in [3.05, 3.63) is 60.8 Å². The molecule has 0 heterocycles. The lowest BCUT2D eigenvalue weighted by Crippen LogP contribution is -2.30. The molecule has 0 aromatic rings. The van der Waals surface area contributed by atoms with Gasteiger partial charge >= 0.3 is 17.9 Å². The van der Waals surface area contributed by atoms with Crippen LogP contribution in [0.25, 0.3) is 0 Å². The summed E-state index contributed by atoms with van der Waals surface area (Å²) in [6.45, 7) is 6.50.